The first-order chi connectivity index (χ1) is 14.4. The summed E-state index contributed by atoms with van der Waals surface area (Å²) in [6, 6.07) is 14.0. The normalized spacial score (nSPS) is 30.2. The van der Waals surface area contributed by atoms with Gasteiger partial charge in [0.05, 0.1) is 0 Å². The van der Waals surface area contributed by atoms with Crippen LogP contribution in [0.2, 0.25) is 5.02 Å². The van der Waals surface area contributed by atoms with Crippen molar-refractivity contribution in [2.75, 3.05) is 5.32 Å². The van der Waals surface area contributed by atoms with Gasteiger partial charge in [0.25, 0.3) is 5.91 Å². The number of anilines is 1. The molecule has 0 heterocycles. The van der Waals surface area contributed by atoms with Crippen LogP contribution in [0.5, 0.6) is 5.75 Å². The Morgan fingerprint density at radius 1 is 1.03 bits per heavy atom. The average Bonchev–Trinajstić information content (AvgIpc) is 2.69. The van der Waals surface area contributed by atoms with Gasteiger partial charge in [-0.2, -0.15) is 0 Å². The van der Waals surface area contributed by atoms with Crippen molar-refractivity contribution in [3.05, 3.63) is 58.6 Å². The van der Waals surface area contributed by atoms with Gasteiger partial charge in [-0.05, 0) is 117 Å². The summed E-state index contributed by atoms with van der Waals surface area (Å²) < 4.78 is 5.85. The van der Waals surface area contributed by atoms with Crippen molar-refractivity contribution in [1.82, 2.24) is 0 Å². The zero-order valence-electron chi connectivity index (χ0n) is 17.8. The van der Waals surface area contributed by atoms with E-state index in [1.807, 2.05) is 19.1 Å². The molecule has 4 saturated carbocycles. The number of aryl methyl sites for hydroxylation is 1. The van der Waals surface area contributed by atoms with Gasteiger partial charge in [-0.15, -0.1) is 0 Å². The van der Waals surface area contributed by atoms with Gasteiger partial charge in [0, 0.05) is 10.7 Å². The number of hydrogen-bond donors (Lipinski definition) is 1. The number of carbonyl (C=O) groups is 1. The second-order valence-corrected chi connectivity index (χ2v) is 10.4. The Morgan fingerprint density at radius 2 is 1.63 bits per heavy atom. The third-order valence-electron chi connectivity index (χ3n) is 7.61. The van der Waals surface area contributed by atoms with Crippen LogP contribution in [-0.2, 0) is 10.2 Å². The molecule has 158 valence electrons. The van der Waals surface area contributed by atoms with Gasteiger partial charge in [0.15, 0.2) is 6.10 Å². The lowest BCUT2D eigenvalue weighted by atomic mass is 9.48. The Labute approximate surface area is 184 Å². The lowest BCUT2D eigenvalue weighted by molar-refractivity contribution is -0.122. The molecule has 0 radical (unpaired) electrons. The van der Waals surface area contributed by atoms with Crippen molar-refractivity contribution in [2.24, 2.45) is 17.8 Å². The lowest BCUT2D eigenvalue weighted by Gasteiger charge is -2.57. The standard InChI is InChI=1S/C26H30ClNO2/c1-16-9-22(27)5-8-24(16)30-17(2)25(29)28-23-6-3-21(4-7-23)26-13-18-10-19(14-26)12-20(11-18)15-26/h3-9,17-20H,10-15H2,1-2H3,(H,28,29). The number of hydrogen-bond acceptors (Lipinski definition) is 2. The van der Waals surface area contributed by atoms with Crippen molar-refractivity contribution in [2.45, 2.75) is 63.9 Å². The largest absolute Gasteiger partial charge is 0.481 e. The van der Waals surface area contributed by atoms with Gasteiger partial charge in [-0.25, -0.2) is 0 Å². The zero-order chi connectivity index (χ0) is 20.9. The SMILES string of the molecule is Cc1cc(Cl)ccc1OC(C)C(=O)Nc1ccc(C23CC4CC(CC(C4)C2)C3)cc1. The molecule has 4 fully saturated rings. The summed E-state index contributed by atoms with van der Waals surface area (Å²) in [5.41, 5.74) is 3.61. The van der Waals surface area contributed by atoms with Crippen molar-refractivity contribution in [1.29, 1.82) is 0 Å². The molecule has 4 heteroatoms. The van der Waals surface area contributed by atoms with Crippen molar-refractivity contribution < 1.29 is 9.53 Å². The fourth-order valence-electron chi connectivity index (χ4n) is 6.60. The van der Waals surface area contributed by atoms with Gasteiger partial charge < -0.3 is 10.1 Å². The molecule has 2 aromatic carbocycles. The van der Waals surface area contributed by atoms with Gasteiger partial charge in [-0.3, -0.25) is 4.79 Å². The van der Waals surface area contributed by atoms with Gasteiger partial charge >= 0.3 is 0 Å². The Hall–Kier alpha value is -2.00. The summed E-state index contributed by atoms with van der Waals surface area (Å²) in [7, 11) is 0. The van der Waals surface area contributed by atoms with Crippen LogP contribution in [0.25, 0.3) is 0 Å². The molecule has 4 aliphatic carbocycles. The smallest absolute Gasteiger partial charge is 0.265 e. The first kappa shape index (κ1) is 19.9. The molecule has 4 bridgehead atoms. The number of ether oxygens (including phenoxy) is 1. The lowest BCUT2D eigenvalue weighted by Crippen LogP contribution is -2.48. The molecular weight excluding hydrogens is 394 g/mol. The molecule has 1 unspecified atom stereocenters. The number of amides is 1. The van der Waals surface area contributed by atoms with E-state index in [0.717, 1.165) is 29.0 Å². The van der Waals surface area contributed by atoms with Crippen molar-refractivity contribution >= 4 is 23.2 Å². The fraction of sp³-hybridized carbons (Fsp3) is 0.500. The average molecular weight is 424 g/mol. The van der Waals surface area contributed by atoms with E-state index in [2.05, 4.69) is 29.6 Å². The monoisotopic (exact) mass is 423 g/mol. The zero-order valence-corrected chi connectivity index (χ0v) is 18.5. The summed E-state index contributed by atoms with van der Waals surface area (Å²) in [5, 5.41) is 3.67. The van der Waals surface area contributed by atoms with E-state index >= 15 is 0 Å². The molecule has 1 atom stereocenters. The van der Waals surface area contributed by atoms with Crippen LogP contribution >= 0.6 is 11.6 Å². The van der Waals surface area contributed by atoms with Crippen LogP contribution in [0.4, 0.5) is 5.69 Å². The molecule has 2 aromatic rings. The minimum Gasteiger partial charge on any atom is -0.481 e. The molecule has 0 saturated heterocycles. The molecule has 1 N–H and O–H groups in total. The highest BCUT2D eigenvalue weighted by Gasteiger charge is 2.51. The first-order valence-electron chi connectivity index (χ1n) is 11.2. The number of benzene rings is 2. The fourth-order valence-corrected chi connectivity index (χ4v) is 6.83. The maximum Gasteiger partial charge on any atom is 0.265 e. The van der Waals surface area contributed by atoms with Crippen LogP contribution in [0.1, 0.15) is 56.6 Å². The van der Waals surface area contributed by atoms with Crippen molar-refractivity contribution in [3.8, 4) is 5.75 Å². The van der Waals surface area contributed by atoms with Crippen LogP contribution < -0.4 is 10.1 Å². The molecule has 1 amide bonds. The third-order valence-corrected chi connectivity index (χ3v) is 7.85. The summed E-state index contributed by atoms with van der Waals surface area (Å²) in [6.45, 7) is 3.70. The highest BCUT2D eigenvalue weighted by atomic mass is 35.5. The predicted octanol–water partition coefficient (Wildman–Crippen LogP) is 6.52. The molecule has 0 aromatic heterocycles. The van der Waals surface area contributed by atoms with Crippen LogP contribution in [0, 0.1) is 24.7 Å². The minimum atomic E-state index is -0.590. The Balaban J connectivity index is 1.24. The summed E-state index contributed by atoms with van der Waals surface area (Å²) >= 11 is 6.00. The van der Waals surface area contributed by atoms with Crippen molar-refractivity contribution in [3.63, 3.8) is 0 Å². The van der Waals surface area contributed by atoms with E-state index in [0.29, 0.717) is 16.2 Å². The van der Waals surface area contributed by atoms with Crippen LogP contribution in [0.3, 0.4) is 0 Å². The topological polar surface area (TPSA) is 38.3 Å². The first-order valence-corrected chi connectivity index (χ1v) is 11.6. The highest BCUT2D eigenvalue weighted by molar-refractivity contribution is 6.30. The van der Waals surface area contributed by atoms with Gasteiger partial charge in [0.1, 0.15) is 5.75 Å². The van der Waals surface area contributed by atoms with E-state index in [9.17, 15) is 4.79 Å². The van der Waals surface area contributed by atoms with E-state index in [1.54, 1.807) is 13.0 Å². The maximum absolute atomic E-state index is 12.6. The van der Waals surface area contributed by atoms with E-state index in [1.165, 1.54) is 44.1 Å². The second-order valence-electron chi connectivity index (χ2n) is 9.93. The molecule has 30 heavy (non-hydrogen) atoms. The van der Waals surface area contributed by atoms with E-state index in [4.69, 9.17) is 16.3 Å². The quantitative estimate of drug-likeness (QED) is 0.594. The Bertz CT molecular complexity index is 917. The Morgan fingerprint density at radius 3 is 2.20 bits per heavy atom. The predicted molar refractivity (Wildman–Crippen MR) is 121 cm³/mol. The minimum absolute atomic E-state index is 0.146. The number of rotatable bonds is 5. The van der Waals surface area contributed by atoms with E-state index in [-0.39, 0.29) is 5.91 Å². The second kappa shape index (κ2) is 7.60. The number of halogens is 1. The molecule has 3 nitrogen and oxygen atoms in total. The highest BCUT2D eigenvalue weighted by Crippen LogP contribution is 2.60. The van der Waals surface area contributed by atoms with Crippen LogP contribution in [0.15, 0.2) is 42.5 Å². The third kappa shape index (κ3) is 3.73. The van der Waals surface area contributed by atoms with Gasteiger partial charge in [-0.1, -0.05) is 23.7 Å². The van der Waals surface area contributed by atoms with Crippen LogP contribution in [-0.4, -0.2) is 12.0 Å². The molecule has 0 spiro atoms. The molecule has 6 rings (SSSR count). The maximum atomic E-state index is 12.6. The summed E-state index contributed by atoms with van der Waals surface area (Å²) in [4.78, 5) is 12.6. The Kier molecular flexibility index (Phi) is 5.05. The molecular formula is C26H30ClNO2. The summed E-state index contributed by atoms with van der Waals surface area (Å²) in [5.74, 6) is 3.34. The molecule has 4 aliphatic rings. The molecule has 0 aliphatic heterocycles. The number of carbonyl (C=O) groups excluding carboxylic acids is 1. The number of nitrogens with one attached hydrogen (secondary N) is 1. The van der Waals surface area contributed by atoms with Gasteiger partial charge in [0.2, 0.25) is 0 Å². The summed E-state index contributed by atoms with van der Waals surface area (Å²) in [6.07, 6.45) is 7.85. The van der Waals surface area contributed by atoms with E-state index < -0.39 is 6.10 Å².